The molecule has 10 nitrogen and oxygen atoms in total. The standard InChI is InChI=1S/C25H30ClN7O3S/c1-15-18(14-27-31(15)3)17-9-10-19(21(12-17)32(4)37(5,34)35)29-20-13-22(26)30-25-24(20)28-16(2)33(25)23-8-6-7-11-36-23/h9-10,12-14,23H,6-8,11H2,1-5H3,(H,29,30). The highest BCUT2D eigenvalue weighted by atomic mass is 35.5. The molecule has 12 heteroatoms. The number of imidazole rings is 1. The van der Waals surface area contributed by atoms with Crippen molar-refractivity contribution in [2.24, 2.45) is 7.05 Å². The topological polar surface area (TPSA) is 107 Å². The molecular weight excluding hydrogens is 514 g/mol. The minimum Gasteiger partial charge on any atom is -0.358 e. The van der Waals surface area contributed by atoms with E-state index < -0.39 is 10.0 Å². The van der Waals surface area contributed by atoms with Crippen molar-refractivity contribution in [3.63, 3.8) is 0 Å². The van der Waals surface area contributed by atoms with Crippen LogP contribution in [0.4, 0.5) is 17.1 Å². The number of hydrogen-bond donors (Lipinski definition) is 1. The second-order valence-electron chi connectivity index (χ2n) is 9.37. The predicted molar refractivity (Wildman–Crippen MR) is 146 cm³/mol. The van der Waals surface area contributed by atoms with Crippen molar-refractivity contribution in [2.75, 3.05) is 29.5 Å². The molecule has 1 aliphatic heterocycles. The zero-order valence-electron chi connectivity index (χ0n) is 21.5. The maximum atomic E-state index is 12.6. The summed E-state index contributed by atoms with van der Waals surface area (Å²) in [7, 11) is -0.141. The number of aryl methyl sites for hydroxylation is 2. The quantitative estimate of drug-likeness (QED) is 0.343. The number of nitrogens with zero attached hydrogens (tertiary/aromatic N) is 6. The molecule has 0 saturated carbocycles. The maximum Gasteiger partial charge on any atom is 0.232 e. The molecule has 1 aliphatic rings. The van der Waals surface area contributed by atoms with Crippen molar-refractivity contribution < 1.29 is 13.2 Å². The van der Waals surface area contributed by atoms with Gasteiger partial charge < -0.3 is 10.1 Å². The molecule has 0 aliphatic carbocycles. The van der Waals surface area contributed by atoms with Gasteiger partial charge >= 0.3 is 0 Å². The van der Waals surface area contributed by atoms with Crippen LogP contribution >= 0.6 is 11.6 Å². The number of aromatic nitrogens is 5. The average Bonchev–Trinajstić information content (AvgIpc) is 3.37. The molecule has 3 aromatic heterocycles. The number of rotatable bonds is 6. The highest BCUT2D eigenvalue weighted by Crippen LogP contribution is 2.38. The molecule has 4 aromatic rings. The second-order valence-corrected chi connectivity index (χ2v) is 11.8. The Morgan fingerprint density at radius 3 is 2.59 bits per heavy atom. The molecular formula is C25H30ClN7O3S. The minimum absolute atomic E-state index is 0.147. The third-order valence-corrected chi connectivity index (χ3v) is 8.27. The molecule has 1 saturated heterocycles. The summed E-state index contributed by atoms with van der Waals surface area (Å²) in [6.45, 7) is 4.59. The smallest absolute Gasteiger partial charge is 0.232 e. The molecule has 196 valence electrons. The Balaban J connectivity index is 1.62. The van der Waals surface area contributed by atoms with E-state index in [1.54, 1.807) is 16.9 Å². The van der Waals surface area contributed by atoms with Crippen LogP contribution < -0.4 is 9.62 Å². The van der Waals surface area contributed by atoms with Crippen LogP contribution in [-0.4, -0.2) is 52.6 Å². The van der Waals surface area contributed by atoms with Gasteiger partial charge in [0.05, 0.1) is 29.5 Å². The number of nitrogens with one attached hydrogen (secondary N) is 1. The van der Waals surface area contributed by atoms with E-state index in [4.69, 9.17) is 21.3 Å². The van der Waals surface area contributed by atoms with Gasteiger partial charge in [-0.15, -0.1) is 0 Å². The van der Waals surface area contributed by atoms with Gasteiger partial charge in [0, 0.05) is 38.0 Å². The first kappa shape index (κ1) is 25.5. The van der Waals surface area contributed by atoms with Crippen molar-refractivity contribution >= 4 is 49.9 Å². The van der Waals surface area contributed by atoms with E-state index in [0.717, 1.165) is 41.9 Å². The third kappa shape index (κ3) is 4.78. The fourth-order valence-electron chi connectivity index (χ4n) is 4.68. The molecule has 1 fully saturated rings. The first-order valence-electron chi connectivity index (χ1n) is 12.0. The van der Waals surface area contributed by atoms with Gasteiger partial charge in [0.15, 0.2) is 5.65 Å². The summed E-state index contributed by atoms with van der Waals surface area (Å²) in [4.78, 5) is 9.35. The summed E-state index contributed by atoms with van der Waals surface area (Å²) in [6, 6.07) is 7.33. The zero-order valence-corrected chi connectivity index (χ0v) is 23.1. The number of benzene rings is 1. The molecule has 4 heterocycles. The molecule has 1 atom stereocenters. The number of halogens is 1. The Morgan fingerprint density at radius 1 is 1.16 bits per heavy atom. The van der Waals surface area contributed by atoms with E-state index in [9.17, 15) is 8.42 Å². The van der Waals surface area contributed by atoms with Gasteiger partial charge in [-0.05, 0) is 50.8 Å². The van der Waals surface area contributed by atoms with E-state index in [0.29, 0.717) is 40.0 Å². The number of ether oxygens (including phenoxy) is 1. The van der Waals surface area contributed by atoms with Crippen molar-refractivity contribution in [3.05, 3.63) is 47.1 Å². The third-order valence-electron chi connectivity index (χ3n) is 6.89. The molecule has 0 radical (unpaired) electrons. The van der Waals surface area contributed by atoms with Crippen LogP contribution in [0, 0.1) is 13.8 Å². The van der Waals surface area contributed by atoms with Gasteiger partial charge in [0.25, 0.3) is 0 Å². The highest BCUT2D eigenvalue weighted by Gasteiger charge is 2.24. The lowest BCUT2D eigenvalue weighted by molar-refractivity contribution is -0.0309. The summed E-state index contributed by atoms with van der Waals surface area (Å²) in [5.74, 6) is 0.774. The van der Waals surface area contributed by atoms with E-state index in [2.05, 4.69) is 15.4 Å². The maximum absolute atomic E-state index is 12.6. The van der Waals surface area contributed by atoms with Gasteiger partial charge in [-0.25, -0.2) is 18.4 Å². The summed E-state index contributed by atoms with van der Waals surface area (Å²) in [5, 5.41) is 8.01. The van der Waals surface area contributed by atoms with E-state index in [-0.39, 0.29) is 6.23 Å². The van der Waals surface area contributed by atoms with Gasteiger partial charge in [0.1, 0.15) is 22.7 Å². The van der Waals surface area contributed by atoms with Gasteiger partial charge in [-0.3, -0.25) is 13.6 Å². The lowest BCUT2D eigenvalue weighted by Crippen LogP contribution is -2.25. The molecule has 1 unspecified atom stereocenters. The fourth-order valence-corrected chi connectivity index (χ4v) is 5.38. The summed E-state index contributed by atoms with van der Waals surface area (Å²) >= 11 is 6.46. The number of pyridine rings is 1. The Bertz CT molecular complexity index is 1590. The predicted octanol–water partition coefficient (Wildman–Crippen LogP) is 4.94. The first-order chi connectivity index (χ1) is 17.5. The Kier molecular flexibility index (Phi) is 6.63. The van der Waals surface area contributed by atoms with Crippen LogP contribution in [0.2, 0.25) is 5.15 Å². The van der Waals surface area contributed by atoms with E-state index >= 15 is 0 Å². The van der Waals surface area contributed by atoms with Gasteiger partial charge in [0.2, 0.25) is 10.0 Å². The SMILES string of the molecule is Cc1c(-c2ccc(Nc3cc(Cl)nc4c3nc(C)n4C3CCCCO3)c(N(C)S(C)(=O)=O)c2)cnn1C. The normalized spacial score (nSPS) is 16.3. The fraction of sp³-hybridized carbons (Fsp3) is 0.400. The lowest BCUT2D eigenvalue weighted by atomic mass is 10.0. The molecule has 37 heavy (non-hydrogen) atoms. The van der Waals surface area contributed by atoms with Gasteiger partial charge in [-0.2, -0.15) is 5.10 Å². The number of hydrogen-bond acceptors (Lipinski definition) is 7. The Hall–Kier alpha value is -3.15. The van der Waals surface area contributed by atoms with E-state index in [1.807, 2.05) is 43.7 Å². The Labute approximate surface area is 221 Å². The molecule has 0 bridgehead atoms. The first-order valence-corrected chi connectivity index (χ1v) is 14.3. The summed E-state index contributed by atoms with van der Waals surface area (Å²) in [6.07, 6.45) is 5.79. The lowest BCUT2D eigenvalue weighted by Gasteiger charge is -2.25. The highest BCUT2D eigenvalue weighted by molar-refractivity contribution is 7.92. The Morgan fingerprint density at radius 2 is 1.95 bits per heavy atom. The summed E-state index contributed by atoms with van der Waals surface area (Å²) < 4.78 is 36.2. The average molecular weight is 544 g/mol. The van der Waals surface area contributed by atoms with Crippen LogP contribution in [0.15, 0.2) is 30.5 Å². The van der Waals surface area contributed by atoms with Crippen molar-refractivity contribution in [1.82, 2.24) is 24.3 Å². The number of anilines is 3. The van der Waals surface area contributed by atoms with Crippen LogP contribution in [-0.2, 0) is 21.8 Å². The van der Waals surface area contributed by atoms with Crippen LogP contribution in [0.3, 0.4) is 0 Å². The summed E-state index contributed by atoms with van der Waals surface area (Å²) in [5.41, 5.74) is 5.71. The molecule has 0 spiro atoms. The minimum atomic E-state index is -3.54. The second kappa shape index (κ2) is 9.62. The molecule has 1 N–H and O–H groups in total. The van der Waals surface area contributed by atoms with Crippen LogP contribution in [0.5, 0.6) is 0 Å². The van der Waals surface area contributed by atoms with Crippen molar-refractivity contribution in [3.8, 4) is 11.1 Å². The van der Waals surface area contributed by atoms with E-state index in [1.165, 1.54) is 17.6 Å². The molecule has 1 aromatic carbocycles. The zero-order chi connectivity index (χ0) is 26.5. The van der Waals surface area contributed by atoms with Gasteiger partial charge in [-0.1, -0.05) is 17.7 Å². The number of sulfonamides is 1. The molecule has 5 rings (SSSR count). The largest absolute Gasteiger partial charge is 0.358 e. The number of fused-ring (bicyclic) bond motifs is 1. The van der Waals surface area contributed by atoms with Crippen molar-refractivity contribution in [1.29, 1.82) is 0 Å². The van der Waals surface area contributed by atoms with Crippen LogP contribution in [0.1, 0.15) is 37.0 Å². The monoisotopic (exact) mass is 543 g/mol. The van der Waals surface area contributed by atoms with Crippen LogP contribution in [0.25, 0.3) is 22.3 Å². The van der Waals surface area contributed by atoms with Crippen molar-refractivity contribution in [2.45, 2.75) is 39.3 Å². The molecule has 0 amide bonds.